The van der Waals surface area contributed by atoms with Crippen LogP contribution in [0.25, 0.3) is 0 Å². The summed E-state index contributed by atoms with van der Waals surface area (Å²) in [6, 6.07) is 9.66. The van der Waals surface area contributed by atoms with Crippen molar-refractivity contribution in [3.05, 3.63) is 47.8 Å². The lowest BCUT2D eigenvalue weighted by molar-refractivity contribution is 0.532. The van der Waals surface area contributed by atoms with Crippen LogP contribution >= 0.6 is 0 Å². The zero-order valence-corrected chi connectivity index (χ0v) is 12.3. The van der Waals surface area contributed by atoms with Crippen LogP contribution in [0.4, 0.5) is 5.69 Å². The summed E-state index contributed by atoms with van der Waals surface area (Å²) in [5.41, 5.74) is 4.08. The van der Waals surface area contributed by atoms with Gasteiger partial charge in [0.1, 0.15) is 0 Å². The molecule has 0 saturated carbocycles. The van der Waals surface area contributed by atoms with Crippen LogP contribution in [0.2, 0.25) is 0 Å². The van der Waals surface area contributed by atoms with Crippen molar-refractivity contribution < 1.29 is 0 Å². The monoisotopic (exact) mass is 269 g/mol. The van der Waals surface area contributed by atoms with Crippen molar-refractivity contribution in [2.45, 2.75) is 51.6 Å². The molecule has 2 aromatic rings. The van der Waals surface area contributed by atoms with E-state index in [-0.39, 0.29) is 0 Å². The number of anilines is 1. The van der Waals surface area contributed by atoms with E-state index in [1.54, 1.807) is 0 Å². The molecule has 0 spiro atoms. The molecule has 1 aliphatic rings. The van der Waals surface area contributed by atoms with E-state index >= 15 is 0 Å². The Morgan fingerprint density at radius 2 is 2.10 bits per heavy atom. The molecule has 3 heteroatoms. The minimum atomic E-state index is 0.409. The second-order valence-corrected chi connectivity index (χ2v) is 5.94. The van der Waals surface area contributed by atoms with Gasteiger partial charge in [0, 0.05) is 12.2 Å². The Labute approximate surface area is 121 Å². The maximum absolute atomic E-state index is 4.41. The predicted octanol–water partition coefficient (Wildman–Crippen LogP) is 4.34. The van der Waals surface area contributed by atoms with Crippen LogP contribution in [0, 0.1) is 0 Å². The molecule has 0 radical (unpaired) electrons. The first-order chi connectivity index (χ1) is 9.74. The maximum atomic E-state index is 4.41. The average molecular weight is 269 g/mol. The summed E-state index contributed by atoms with van der Waals surface area (Å²) in [5, 5.41) is 8.08. The molecule has 1 atom stereocenters. The van der Waals surface area contributed by atoms with Crippen LogP contribution in [-0.2, 0) is 6.42 Å². The molecule has 3 rings (SSSR count). The first-order valence-corrected chi connectivity index (χ1v) is 7.62. The Morgan fingerprint density at radius 1 is 1.25 bits per heavy atom. The second-order valence-electron chi connectivity index (χ2n) is 5.94. The molecule has 0 aliphatic heterocycles. The van der Waals surface area contributed by atoms with Crippen molar-refractivity contribution >= 4 is 5.69 Å². The van der Waals surface area contributed by atoms with E-state index in [9.17, 15) is 0 Å². The fourth-order valence-corrected chi connectivity index (χ4v) is 2.97. The number of nitrogens with one attached hydrogen (secondary N) is 1. The minimum Gasteiger partial charge on any atom is -0.376 e. The van der Waals surface area contributed by atoms with Crippen molar-refractivity contribution in [1.29, 1.82) is 0 Å². The van der Waals surface area contributed by atoms with E-state index in [4.69, 9.17) is 0 Å². The molecule has 0 bridgehead atoms. The summed E-state index contributed by atoms with van der Waals surface area (Å²) in [6.07, 6.45) is 9.03. The number of hydrogen-bond acceptors (Lipinski definition) is 2. The zero-order chi connectivity index (χ0) is 13.9. The SMILES string of the molecule is CC(C)n1cc(NC2CCCCc3ccccc32)cn1. The molecular weight excluding hydrogens is 246 g/mol. The predicted molar refractivity (Wildman–Crippen MR) is 83.0 cm³/mol. The largest absolute Gasteiger partial charge is 0.376 e. The Morgan fingerprint density at radius 3 is 2.90 bits per heavy atom. The van der Waals surface area contributed by atoms with Gasteiger partial charge >= 0.3 is 0 Å². The van der Waals surface area contributed by atoms with E-state index in [1.807, 2.05) is 10.9 Å². The molecule has 106 valence electrons. The molecule has 1 heterocycles. The van der Waals surface area contributed by atoms with Gasteiger partial charge in [0.15, 0.2) is 0 Å². The highest BCUT2D eigenvalue weighted by molar-refractivity contribution is 5.44. The minimum absolute atomic E-state index is 0.409. The number of rotatable bonds is 3. The Hall–Kier alpha value is -1.77. The molecule has 3 nitrogen and oxygen atoms in total. The molecule has 20 heavy (non-hydrogen) atoms. The molecule has 0 fully saturated rings. The van der Waals surface area contributed by atoms with Gasteiger partial charge in [0.05, 0.1) is 17.9 Å². The van der Waals surface area contributed by atoms with Gasteiger partial charge in [-0.1, -0.05) is 30.7 Å². The third-order valence-corrected chi connectivity index (χ3v) is 4.09. The molecule has 1 N–H and O–H groups in total. The third kappa shape index (κ3) is 2.72. The topological polar surface area (TPSA) is 29.9 Å². The van der Waals surface area contributed by atoms with Crippen molar-refractivity contribution in [3.63, 3.8) is 0 Å². The number of benzene rings is 1. The Balaban J connectivity index is 1.82. The number of aromatic nitrogens is 2. The average Bonchev–Trinajstić information content (AvgIpc) is 2.82. The maximum Gasteiger partial charge on any atom is 0.0731 e. The summed E-state index contributed by atoms with van der Waals surface area (Å²) in [7, 11) is 0. The lowest BCUT2D eigenvalue weighted by Gasteiger charge is -2.19. The summed E-state index contributed by atoms with van der Waals surface area (Å²) in [6.45, 7) is 4.30. The van der Waals surface area contributed by atoms with Crippen molar-refractivity contribution in [2.24, 2.45) is 0 Å². The van der Waals surface area contributed by atoms with Gasteiger partial charge in [-0.2, -0.15) is 5.10 Å². The lowest BCUT2D eigenvalue weighted by Crippen LogP contribution is -2.10. The van der Waals surface area contributed by atoms with Crippen LogP contribution in [0.5, 0.6) is 0 Å². The fraction of sp³-hybridized carbons (Fsp3) is 0.471. The molecule has 0 saturated heterocycles. The van der Waals surface area contributed by atoms with E-state index in [2.05, 4.69) is 54.7 Å². The van der Waals surface area contributed by atoms with Crippen LogP contribution in [0.3, 0.4) is 0 Å². The molecule has 1 aliphatic carbocycles. The second kappa shape index (κ2) is 5.70. The van der Waals surface area contributed by atoms with Gasteiger partial charge in [-0.3, -0.25) is 4.68 Å². The number of fused-ring (bicyclic) bond motifs is 1. The van der Waals surface area contributed by atoms with Gasteiger partial charge in [0.25, 0.3) is 0 Å². The Bertz CT molecular complexity index is 571. The van der Waals surface area contributed by atoms with Crippen LogP contribution < -0.4 is 5.32 Å². The standard InChI is InChI=1S/C17H23N3/c1-13(2)20-12-15(11-18-20)19-17-10-6-4-8-14-7-3-5-9-16(14)17/h3,5,7,9,11-13,17,19H,4,6,8,10H2,1-2H3. The molecule has 0 amide bonds. The van der Waals surface area contributed by atoms with Gasteiger partial charge in [-0.25, -0.2) is 0 Å². The summed E-state index contributed by atoms with van der Waals surface area (Å²) in [5.74, 6) is 0. The van der Waals surface area contributed by atoms with Crippen LogP contribution in [0.1, 0.15) is 56.3 Å². The van der Waals surface area contributed by atoms with Gasteiger partial charge < -0.3 is 5.32 Å². The Kier molecular flexibility index (Phi) is 3.77. The highest BCUT2D eigenvalue weighted by Gasteiger charge is 2.18. The highest BCUT2D eigenvalue weighted by Crippen LogP contribution is 2.31. The summed E-state index contributed by atoms with van der Waals surface area (Å²) < 4.78 is 2.00. The number of hydrogen-bond donors (Lipinski definition) is 1. The molecule has 1 unspecified atom stereocenters. The molecular formula is C17H23N3. The van der Waals surface area contributed by atoms with Crippen molar-refractivity contribution in [3.8, 4) is 0 Å². The van der Waals surface area contributed by atoms with Crippen molar-refractivity contribution in [2.75, 3.05) is 5.32 Å². The van der Waals surface area contributed by atoms with Gasteiger partial charge in [-0.15, -0.1) is 0 Å². The van der Waals surface area contributed by atoms with Gasteiger partial charge in [-0.05, 0) is 44.2 Å². The first kappa shape index (κ1) is 13.2. The van der Waals surface area contributed by atoms with E-state index in [1.165, 1.54) is 36.8 Å². The number of aryl methyl sites for hydroxylation is 1. The van der Waals surface area contributed by atoms with E-state index in [0.29, 0.717) is 12.1 Å². The highest BCUT2D eigenvalue weighted by atomic mass is 15.3. The van der Waals surface area contributed by atoms with E-state index < -0.39 is 0 Å². The molecule has 1 aromatic carbocycles. The lowest BCUT2D eigenvalue weighted by atomic mass is 9.99. The summed E-state index contributed by atoms with van der Waals surface area (Å²) >= 11 is 0. The first-order valence-electron chi connectivity index (χ1n) is 7.62. The normalized spacial score (nSPS) is 18.6. The van der Waals surface area contributed by atoms with Crippen molar-refractivity contribution in [1.82, 2.24) is 9.78 Å². The molecule has 1 aromatic heterocycles. The van der Waals surface area contributed by atoms with E-state index in [0.717, 1.165) is 5.69 Å². The third-order valence-electron chi connectivity index (χ3n) is 4.09. The summed E-state index contributed by atoms with van der Waals surface area (Å²) in [4.78, 5) is 0. The van der Waals surface area contributed by atoms with Gasteiger partial charge in [0.2, 0.25) is 0 Å². The van der Waals surface area contributed by atoms with Crippen LogP contribution in [0.15, 0.2) is 36.7 Å². The zero-order valence-electron chi connectivity index (χ0n) is 12.3. The van der Waals surface area contributed by atoms with Crippen LogP contribution in [-0.4, -0.2) is 9.78 Å². The number of nitrogens with zero attached hydrogens (tertiary/aromatic N) is 2. The smallest absolute Gasteiger partial charge is 0.0731 e. The quantitative estimate of drug-likeness (QED) is 0.840. The fourth-order valence-electron chi connectivity index (χ4n) is 2.97.